The zero-order valence-electron chi connectivity index (χ0n) is 26.9. The SMILES string of the molecule is [B]C(C)(C(=O)N[C@@H](C)c1ccccc1)C(C)(C)C.[B]C(C)(C(=O)N[C@@H](C)c1ccccc1)C12CC3CC(CC(C3)C1)C2. The summed E-state index contributed by atoms with van der Waals surface area (Å²) >= 11 is 0. The maximum Gasteiger partial charge on any atom is 0.218 e. The molecule has 4 saturated carbocycles. The van der Waals surface area contributed by atoms with Crippen LogP contribution in [0.3, 0.4) is 0 Å². The molecule has 0 aromatic heterocycles. The Balaban J connectivity index is 0.000000202. The van der Waals surface area contributed by atoms with E-state index in [1.54, 1.807) is 6.92 Å². The molecule has 6 heteroatoms. The Morgan fingerprint density at radius 3 is 1.40 bits per heavy atom. The lowest BCUT2D eigenvalue weighted by atomic mass is 9.38. The Labute approximate surface area is 257 Å². The van der Waals surface area contributed by atoms with Crippen LogP contribution in [0.5, 0.6) is 0 Å². The second kappa shape index (κ2) is 12.2. The van der Waals surface area contributed by atoms with Gasteiger partial charge >= 0.3 is 0 Å². The lowest BCUT2D eigenvalue weighted by Crippen LogP contribution is -2.55. The number of hydrogen-bond donors (Lipinski definition) is 2. The predicted molar refractivity (Wildman–Crippen MR) is 174 cm³/mol. The number of nitrogens with one attached hydrogen (secondary N) is 2. The summed E-state index contributed by atoms with van der Waals surface area (Å²) in [6.07, 6.45) is 7.57. The number of hydrogen-bond acceptors (Lipinski definition) is 2. The van der Waals surface area contributed by atoms with Gasteiger partial charge in [-0.15, -0.1) is 0 Å². The minimum absolute atomic E-state index is 0.00418. The van der Waals surface area contributed by atoms with Crippen LogP contribution in [-0.2, 0) is 9.59 Å². The molecule has 0 heterocycles. The van der Waals surface area contributed by atoms with E-state index < -0.39 is 10.6 Å². The van der Waals surface area contributed by atoms with E-state index in [0.717, 1.165) is 48.1 Å². The second-order valence-corrected chi connectivity index (χ2v) is 15.1. The van der Waals surface area contributed by atoms with E-state index in [1.807, 2.05) is 90.1 Å². The summed E-state index contributed by atoms with van der Waals surface area (Å²) in [5.41, 5.74) is 1.94. The van der Waals surface area contributed by atoms with Crippen molar-refractivity contribution >= 4 is 27.5 Å². The topological polar surface area (TPSA) is 58.2 Å². The molecule has 4 atom stereocenters. The molecule has 4 nitrogen and oxygen atoms in total. The third kappa shape index (κ3) is 6.68. The summed E-state index contributed by atoms with van der Waals surface area (Å²) in [5, 5.41) is 4.51. The Hall–Kier alpha value is -2.49. The van der Waals surface area contributed by atoms with Crippen molar-refractivity contribution in [1.29, 1.82) is 0 Å². The molecule has 2 aromatic carbocycles. The van der Waals surface area contributed by atoms with Crippen LogP contribution in [0.25, 0.3) is 0 Å². The van der Waals surface area contributed by atoms with Crippen molar-refractivity contribution in [3.8, 4) is 0 Å². The van der Waals surface area contributed by atoms with Crippen molar-refractivity contribution < 1.29 is 9.59 Å². The van der Waals surface area contributed by atoms with Crippen LogP contribution in [0.4, 0.5) is 0 Å². The fraction of sp³-hybridized carbons (Fsp3) is 0.611. The van der Waals surface area contributed by atoms with Crippen LogP contribution >= 0.6 is 0 Å². The van der Waals surface area contributed by atoms with Crippen molar-refractivity contribution in [3.05, 3.63) is 71.8 Å². The summed E-state index contributed by atoms with van der Waals surface area (Å²) in [4.78, 5) is 25.4. The van der Waals surface area contributed by atoms with Crippen molar-refractivity contribution in [3.63, 3.8) is 0 Å². The summed E-state index contributed by atoms with van der Waals surface area (Å²) in [6.45, 7) is 13.7. The van der Waals surface area contributed by atoms with E-state index in [4.69, 9.17) is 15.7 Å². The van der Waals surface area contributed by atoms with Gasteiger partial charge in [0.25, 0.3) is 0 Å². The zero-order chi connectivity index (χ0) is 30.9. The molecular weight excluding hydrogens is 514 g/mol. The molecule has 2 unspecified atom stereocenters. The lowest BCUT2D eigenvalue weighted by Gasteiger charge is -2.62. The van der Waals surface area contributed by atoms with Gasteiger partial charge < -0.3 is 10.6 Å². The van der Waals surface area contributed by atoms with Crippen molar-refractivity contribution in [2.45, 2.75) is 110 Å². The highest BCUT2D eigenvalue weighted by molar-refractivity contribution is 6.29. The molecule has 0 saturated heterocycles. The van der Waals surface area contributed by atoms with Crippen molar-refractivity contribution in [2.75, 3.05) is 0 Å². The first-order valence-corrected chi connectivity index (χ1v) is 15.9. The lowest BCUT2D eigenvalue weighted by molar-refractivity contribution is -0.137. The summed E-state index contributed by atoms with van der Waals surface area (Å²) in [5.74, 6) is 2.32. The Morgan fingerprint density at radius 2 is 1.05 bits per heavy atom. The molecule has 2 N–H and O–H groups in total. The van der Waals surface area contributed by atoms with E-state index in [-0.39, 0.29) is 34.7 Å². The van der Waals surface area contributed by atoms with E-state index in [0.29, 0.717) is 0 Å². The van der Waals surface area contributed by atoms with Crippen LogP contribution in [0.1, 0.15) is 110 Å². The zero-order valence-corrected chi connectivity index (χ0v) is 26.9. The normalized spacial score (nSPS) is 28.7. The van der Waals surface area contributed by atoms with Gasteiger partial charge in [0.15, 0.2) is 0 Å². The van der Waals surface area contributed by atoms with Gasteiger partial charge in [-0.05, 0) is 92.1 Å². The van der Waals surface area contributed by atoms with Crippen LogP contribution in [-0.4, -0.2) is 27.5 Å². The third-order valence-electron chi connectivity index (χ3n) is 10.9. The van der Waals surface area contributed by atoms with Gasteiger partial charge in [0.05, 0.1) is 27.8 Å². The quantitative estimate of drug-likeness (QED) is 0.339. The Bertz CT molecular complexity index is 1180. The molecule has 0 aliphatic heterocycles. The molecule has 222 valence electrons. The predicted octanol–water partition coefficient (Wildman–Crippen LogP) is 7.68. The van der Waals surface area contributed by atoms with Crippen molar-refractivity contribution in [2.24, 2.45) is 28.6 Å². The molecule has 4 aliphatic rings. The van der Waals surface area contributed by atoms with Gasteiger partial charge in [-0.2, -0.15) is 0 Å². The van der Waals surface area contributed by atoms with Gasteiger partial charge in [0.2, 0.25) is 11.8 Å². The number of carbonyl (C=O) groups excluding carboxylic acids is 2. The maximum absolute atomic E-state index is 13.1. The highest BCUT2D eigenvalue weighted by Crippen LogP contribution is 2.67. The van der Waals surface area contributed by atoms with E-state index in [2.05, 4.69) is 22.8 Å². The van der Waals surface area contributed by atoms with E-state index in [1.165, 1.54) is 19.3 Å². The first-order chi connectivity index (χ1) is 19.6. The van der Waals surface area contributed by atoms with E-state index in [9.17, 15) is 9.59 Å². The first kappa shape index (κ1) is 32.4. The van der Waals surface area contributed by atoms with Gasteiger partial charge in [0, 0.05) is 10.6 Å². The Morgan fingerprint density at radius 1 is 0.690 bits per heavy atom. The number of carbonyl (C=O) groups is 2. The fourth-order valence-electron chi connectivity index (χ4n) is 7.67. The van der Waals surface area contributed by atoms with Crippen LogP contribution in [0, 0.1) is 28.6 Å². The molecule has 4 fully saturated rings. The van der Waals surface area contributed by atoms with Gasteiger partial charge in [-0.25, -0.2) is 0 Å². The minimum atomic E-state index is -0.893. The molecule has 2 amide bonds. The number of benzene rings is 2. The maximum atomic E-state index is 13.1. The van der Waals surface area contributed by atoms with Crippen LogP contribution < -0.4 is 10.6 Å². The standard InChI is InChI=1S/C21H28BNO.C15H22BNO/c1-14(18-6-4-3-5-7-18)23-19(24)20(2,22)21-11-15-8-16(12-21)10-17(9-15)13-21;1-11(12-9-7-6-8-10-12)17-13(18)15(5,16)14(2,3)4/h3-7,14-17H,8-13H2,1-2H3,(H,23,24);6-11H,1-5H3,(H,17,18)/t14-,15?,16?,17?,20?,21?;11-,15?/m00/s1. The fourth-order valence-corrected chi connectivity index (χ4v) is 7.67. The van der Waals surface area contributed by atoms with Gasteiger partial charge in [0.1, 0.15) is 0 Å². The highest BCUT2D eigenvalue weighted by Gasteiger charge is 2.59. The number of amides is 2. The van der Waals surface area contributed by atoms with Crippen molar-refractivity contribution in [1.82, 2.24) is 10.6 Å². The molecular formula is C36H50B2N2O2. The molecule has 0 spiro atoms. The molecule has 6 rings (SSSR count). The number of rotatable bonds is 7. The van der Waals surface area contributed by atoms with E-state index >= 15 is 0 Å². The largest absolute Gasteiger partial charge is 0.350 e. The Kier molecular flexibility index (Phi) is 9.46. The second-order valence-electron chi connectivity index (χ2n) is 15.1. The summed E-state index contributed by atoms with van der Waals surface area (Å²) in [6, 6.07) is 20.0. The smallest absolute Gasteiger partial charge is 0.218 e. The molecule has 4 aliphatic carbocycles. The van der Waals surface area contributed by atoms with Gasteiger partial charge in [-0.1, -0.05) is 95.3 Å². The molecule has 4 radical (unpaired) electrons. The monoisotopic (exact) mass is 564 g/mol. The van der Waals surface area contributed by atoms with Gasteiger partial charge in [-0.3, -0.25) is 9.59 Å². The van der Waals surface area contributed by atoms with Crippen LogP contribution in [0.2, 0.25) is 10.6 Å². The van der Waals surface area contributed by atoms with Crippen LogP contribution in [0.15, 0.2) is 60.7 Å². The molecule has 42 heavy (non-hydrogen) atoms. The average Bonchev–Trinajstić information content (AvgIpc) is 2.92. The summed E-state index contributed by atoms with van der Waals surface area (Å²) in [7, 11) is 12.9. The minimum Gasteiger partial charge on any atom is -0.350 e. The molecule has 2 aromatic rings. The molecule has 4 bridgehead atoms. The average molecular weight is 564 g/mol. The third-order valence-corrected chi connectivity index (χ3v) is 10.9. The highest BCUT2D eigenvalue weighted by atomic mass is 16.2. The summed E-state index contributed by atoms with van der Waals surface area (Å²) < 4.78 is 0. The first-order valence-electron chi connectivity index (χ1n) is 15.9.